The molecule has 3 aromatic rings. The number of benzene rings is 3. The van der Waals surface area contributed by atoms with Crippen LogP contribution in [0.25, 0.3) is 17.2 Å². The molecule has 3 aromatic carbocycles. The Morgan fingerprint density at radius 3 is 2.32 bits per heavy atom. The maximum atomic E-state index is 4.47. The van der Waals surface area contributed by atoms with E-state index in [4.69, 9.17) is 0 Å². The summed E-state index contributed by atoms with van der Waals surface area (Å²) in [6.07, 6.45) is 15.9. The van der Waals surface area contributed by atoms with Gasteiger partial charge >= 0.3 is 0 Å². The second kappa shape index (κ2) is 15.9. The van der Waals surface area contributed by atoms with Gasteiger partial charge in [0.2, 0.25) is 0 Å². The molecule has 0 spiro atoms. The van der Waals surface area contributed by atoms with Gasteiger partial charge in [-0.2, -0.15) is 0 Å². The van der Waals surface area contributed by atoms with Crippen molar-refractivity contribution in [3.8, 4) is 11.1 Å². The Bertz CT molecular complexity index is 1270. The number of nitrogens with zero attached hydrogens (tertiary/aromatic N) is 1. The van der Waals surface area contributed by atoms with Gasteiger partial charge in [0.1, 0.15) is 0 Å². The zero-order valence-corrected chi connectivity index (χ0v) is 26.7. The molecule has 0 amide bonds. The number of allylic oxidation sites excluding steroid dienone is 1. The molecule has 0 saturated carbocycles. The molecule has 1 heterocycles. The highest BCUT2D eigenvalue weighted by molar-refractivity contribution is 7.98. The second-order valence-electron chi connectivity index (χ2n) is 11.9. The van der Waals surface area contributed by atoms with Crippen molar-refractivity contribution >= 4 is 29.2 Å². The Morgan fingerprint density at radius 1 is 0.902 bits per heavy atom. The van der Waals surface area contributed by atoms with Crippen LogP contribution in [0.1, 0.15) is 83.3 Å². The van der Waals surface area contributed by atoms with Crippen molar-refractivity contribution in [3.63, 3.8) is 0 Å². The number of thioether (sulfide) groups is 1. The first-order chi connectivity index (χ1) is 20.0. The lowest BCUT2D eigenvalue weighted by molar-refractivity contribution is 0.597. The van der Waals surface area contributed by atoms with Gasteiger partial charge in [0.05, 0.1) is 0 Å². The van der Waals surface area contributed by atoms with Gasteiger partial charge in [0.25, 0.3) is 0 Å². The molecule has 0 aliphatic carbocycles. The smallest absolute Gasteiger partial charge is 0.0440 e. The van der Waals surface area contributed by atoms with E-state index in [1.165, 1.54) is 83.4 Å². The highest BCUT2D eigenvalue weighted by atomic mass is 32.2. The standard InChI is InChI=1S/C38H50N2S/c1-6-7-8-9-10-11-13-31-15-17-32(18-16-31)34-19-24-38-35(27-34)26-33(14-12-25-40(38)28-29(2)3)30(4)39-36-20-22-37(41-5)23-21-36/h15-24,26-27,29,39H,4,6-14,25,28H2,1-3,5H3/b33-26+. The zero-order valence-electron chi connectivity index (χ0n) is 25.8. The normalized spacial score (nSPS) is 14.7. The maximum absolute atomic E-state index is 4.47. The molecular weight excluding hydrogens is 516 g/mol. The Labute approximate surface area is 254 Å². The molecule has 41 heavy (non-hydrogen) atoms. The monoisotopic (exact) mass is 566 g/mol. The van der Waals surface area contributed by atoms with Crippen molar-refractivity contribution in [1.29, 1.82) is 0 Å². The Kier molecular flexibility index (Phi) is 12.0. The van der Waals surface area contributed by atoms with E-state index in [9.17, 15) is 0 Å². The van der Waals surface area contributed by atoms with Gasteiger partial charge in [0, 0.05) is 35.1 Å². The van der Waals surface area contributed by atoms with Gasteiger partial charge in [-0.1, -0.05) is 89.8 Å². The highest BCUT2D eigenvalue weighted by Gasteiger charge is 2.18. The van der Waals surface area contributed by atoms with E-state index >= 15 is 0 Å². The fourth-order valence-electron chi connectivity index (χ4n) is 5.75. The van der Waals surface area contributed by atoms with Crippen molar-refractivity contribution < 1.29 is 0 Å². The second-order valence-corrected chi connectivity index (χ2v) is 12.8. The summed E-state index contributed by atoms with van der Waals surface area (Å²) in [4.78, 5) is 3.85. The quantitative estimate of drug-likeness (QED) is 0.154. The van der Waals surface area contributed by atoms with Crippen molar-refractivity contribution in [2.45, 2.75) is 83.5 Å². The average Bonchev–Trinajstić information content (AvgIpc) is 2.97. The number of aryl methyl sites for hydroxylation is 1. The predicted molar refractivity (Wildman–Crippen MR) is 184 cm³/mol. The van der Waals surface area contributed by atoms with Crippen LogP contribution in [-0.2, 0) is 6.42 Å². The number of rotatable bonds is 14. The molecule has 1 aliphatic rings. The van der Waals surface area contributed by atoms with Gasteiger partial charge in [-0.3, -0.25) is 0 Å². The fourth-order valence-corrected chi connectivity index (χ4v) is 6.16. The maximum Gasteiger partial charge on any atom is 0.0440 e. The number of hydrogen-bond donors (Lipinski definition) is 1. The molecular formula is C38H50N2S. The summed E-state index contributed by atoms with van der Waals surface area (Å²) < 4.78 is 0. The first-order valence-corrected chi connectivity index (χ1v) is 17.0. The van der Waals surface area contributed by atoms with Gasteiger partial charge in [-0.05, 0) is 108 Å². The van der Waals surface area contributed by atoms with Crippen molar-refractivity contribution in [2.24, 2.45) is 5.92 Å². The Morgan fingerprint density at radius 2 is 1.61 bits per heavy atom. The molecule has 0 radical (unpaired) electrons. The van der Waals surface area contributed by atoms with E-state index < -0.39 is 0 Å². The first kappa shape index (κ1) is 31.0. The molecule has 0 saturated heterocycles. The van der Waals surface area contributed by atoms with E-state index in [1.54, 1.807) is 11.8 Å². The van der Waals surface area contributed by atoms with Gasteiger partial charge < -0.3 is 10.2 Å². The first-order valence-electron chi connectivity index (χ1n) is 15.8. The summed E-state index contributed by atoms with van der Waals surface area (Å²) in [6.45, 7) is 13.5. The van der Waals surface area contributed by atoms with Crippen LogP contribution in [-0.4, -0.2) is 19.3 Å². The summed E-state index contributed by atoms with van der Waals surface area (Å²) >= 11 is 1.77. The zero-order chi connectivity index (χ0) is 29.0. The molecule has 0 unspecified atom stereocenters. The van der Waals surface area contributed by atoms with Gasteiger partial charge in [-0.15, -0.1) is 11.8 Å². The molecule has 3 heteroatoms. The molecule has 1 aliphatic heterocycles. The minimum Gasteiger partial charge on any atom is -0.371 e. The third kappa shape index (κ3) is 9.30. The Balaban J connectivity index is 1.55. The van der Waals surface area contributed by atoms with Crippen LogP contribution in [0.3, 0.4) is 0 Å². The van der Waals surface area contributed by atoms with Crippen LogP contribution in [0.2, 0.25) is 0 Å². The number of unbranched alkanes of at least 4 members (excludes halogenated alkanes) is 5. The third-order valence-electron chi connectivity index (χ3n) is 8.04. The van der Waals surface area contributed by atoms with Crippen molar-refractivity contribution in [2.75, 3.05) is 29.6 Å². The van der Waals surface area contributed by atoms with Crippen LogP contribution < -0.4 is 10.2 Å². The molecule has 2 nitrogen and oxygen atoms in total. The largest absolute Gasteiger partial charge is 0.371 e. The molecule has 0 fully saturated rings. The number of nitrogens with one attached hydrogen (secondary N) is 1. The van der Waals surface area contributed by atoms with Crippen LogP contribution in [0.5, 0.6) is 0 Å². The van der Waals surface area contributed by atoms with E-state index in [2.05, 4.69) is 117 Å². The van der Waals surface area contributed by atoms with Crippen LogP contribution in [0.4, 0.5) is 11.4 Å². The lowest BCUT2D eigenvalue weighted by Crippen LogP contribution is -2.30. The number of hydrogen-bond acceptors (Lipinski definition) is 3. The minimum atomic E-state index is 0.616. The molecule has 0 bridgehead atoms. The third-order valence-corrected chi connectivity index (χ3v) is 8.78. The molecule has 0 atom stereocenters. The van der Waals surface area contributed by atoms with Crippen molar-refractivity contribution in [1.82, 2.24) is 0 Å². The topological polar surface area (TPSA) is 15.3 Å². The summed E-state index contributed by atoms with van der Waals surface area (Å²) in [5.74, 6) is 0.616. The van der Waals surface area contributed by atoms with Gasteiger partial charge in [0.15, 0.2) is 0 Å². The van der Waals surface area contributed by atoms with E-state index in [-0.39, 0.29) is 0 Å². The number of anilines is 2. The average molecular weight is 567 g/mol. The molecule has 4 rings (SSSR count). The van der Waals surface area contributed by atoms with E-state index in [1.807, 2.05) is 0 Å². The minimum absolute atomic E-state index is 0.616. The van der Waals surface area contributed by atoms with E-state index in [0.29, 0.717) is 5.92 Å². The van der Waals surface area contributed by atoms with Crippen LogP contribution >= 0.6 is 11.8 Å². The molecule has 1 N–H and O–H groups in total. The summed E-state index contributed by atoms with van der Waals surface area (Å²) in [7, 11) is 0. The SMILES string of the molecule is C=C(Nc1ccc(SC)cc1)/C1=C/c2cc(-c3ccc(CCCCCCCC)cc3)ccc2N(CC(C)C)CCC1. The van der Waals surface area contributed by atoms with Crippen LogP contribution in [0.15, 0.2) is 89.5 Å². The predicted octanol–water partition coefficient (Wildman–Crippen LogP) is 11.2. The van der Waals surface area contributed by atoms with Crippen LogP contribution in [0, 0.1) is 5.92 Å². The fraction of sp³-hybridized carbons (Fsp3) is 0.421. The molecule has 218 valence electrons. The van der Waals surface area contributed by atoms with Crippen molar-refractivity contribution in [3.05, 3.63) is 95.7 Å². The lowest BCUT2D eigenvalue weighted by atomic mass is 9.94. The lowest BCUT2D eigenvalue weighted by Gasteiger charge is -2.31. The van der Waals surface area contributed by atoms with Gasteiger partial charge in [-0.25, -0.2) is 0 Å². The summed E-state index contributed by atoms with van der Waals surface area (Å²) in [5, 5.41) is 3.58. The Hall–Kier alpha value is -2.91. The van der Waals surface area contributed by atoms with E-state index in [0.717, 1.165) is 37.3 Å². The highest BCUT2D eigenvalue weighted by Crippen LogP contribution is 2.34. The summed E-state index contributed by atoms with van der Waals surface area (Å²) in [5.41, 5.74) is 10.0. The molecule has 0 aromatic heterocycles. The number of fused-ring (bicyclic) bond motifs is 1. The summed E-state index contributed by atoms with van der Waals surface area (Å²) in [6, 6.07) is 24.9.